The van der Waals surface area contributed by atoms with Crippen LogP contribution in [0.1, 0.15) is 17.3 Å². The molecule has 2 atom stereocenters. The van der Waals surface area contributed by atoms with Gasteiger partial charge in [-0.1, -0.05) is 6.92 Å². The van der Waals surface area contributed by atoms with Crippen molar-refractivity contribution in [1.29, 1.82) is 0 Å². The molecule has 1 aromatic carbocycles. The molecule has 1 fully saturated rings. The third kappa shape index (κ3) is 2.83. The van der Waals surface area contributed by atoms with Gasteiger partial charge in [0.15, 0.2) is 0 Å². The Bertz CT molecular complexity index is 619. The van der Waals surface area contributed by atoms with E-state index in [1.807, 2.05) is 0 Å². The minimum absolute atomic E-state index is 0.0265. The summed E-state index contributed by atoms with van der Waals surface area (Å²) in [6.45, 7) is 2.01. The van der Waals surface area contributed by atoms with Crippen LogP contribution in [0.15, 0.2) is 18.2 Å². The first-order chi connectivity index (χ1) is 9.81. The van der Waals surface area contributed by atoms with E-state index in [0.717, 1.165) is 18.2 Å². The first-order valence-corrected chi connectivity index (χ1v) is 6.27. The zero-order chi connectivity index (χ0) is 15.7. The fraction of sp³-hybridized carbons (Fsp3) is 0.385. The van der Waals surface area contributed by atoms with Crippen LogP contribution in [0.5, 0.6) is 0 Å². The quantitative estimate of drug-likeness (QED) is 0.673. The number of hydrogen-bond acceptors (Lipinski definition) is 4. The van der Waals surface area contributed by atoms with Crippen molar-refractivity contribution in [2.45, 2.75) is 6.92 Å². The van der Waals surface area contributed by atoms with Gasteiger partial charge in [-0.2, -0.15) is 4.39 Å². The van der Waals surface area contributed by atoms with E-state index in [4.69, 9.17) is 5.11 Å². The highest BCUT2D eigenvalue weighted by atomic mass is 19.1. The highest BCUT2D eigenvalue weighted by Gasteiger charge is 2.37. The fourth-order valence-electron chi connectivity index (χ4n) is 2.42. The molecule has 1 N–H and O–H groups in total. The molecular formula is C13H13FN2O5. The molecule has 2 rings (SSSR count). The summed E-state index contributed by atoms with van der Waals surface area (Å²) in [5, 5.41) is 19.7. The van der Waals surface area contributed by atoms with Gasteiger partial charge in [0, 0.05) is 24.7 Å². The van der Waals surface area contributed by atoms with E-state index in [-0.39, 0.29) is 24.6 Å². The molecule has 0 saturated carbocycles. The topological polar surface area (TPSA) is 101 Å². The van der Waals surface area contributed by atoms with Crippen molar-refractivity contribution < 1.29 is 24.0 Å². The first-order valence-electron chi connectivity index (χ1n) is 6.27. The molecule has 0 aliphatic carbocycles. The summed E-state index contributed by atoms with van der Waals surface area (Å²) in [7, 11) is 0. The molecule has 1 aliphatic heterocycles. The Hall–Kier alpha value is -2.51. The molecule has 0 unspecified atom stereocenters. The van der Waals surface area contributed by atoms with Gasteiger partial charge in [0.2, 0.25) is 5.82 Å². The number of amides is 1. The lowest BCUT2D eigenvalue weighted by Crippen LogP contribution is -2.30. The number of hydrogen-bond donors (Lipinski definition) is 1. The van der Waals surface area contributed by atoms with Crippen LogP contribution in [-0.4, -0.2) is 39.9 Å². The Morgan fingerprint density at radius 3 is 2.62 bits per heavy atom. The van der Waals surface area contributed by atoms with Gasteiger partial charge >= 0.3 is 11.7 Å². The minimum Gasteiger partial charge on any atom is -0.481 e. The molecule has 0 bridgehead atoms. The van der Waals surface area contributed by atoms with Gasteiger partial charge < -0.3 is 10.0 Å². The van der Waals surface area contributed by atoms with E-state index in [9.17, 15) is 24.1 Å². The molecule has 1 aliphatic rings. The summed E-state index contributed by atoms with van der Waals surface area (Å²) in [5.74, 6) is -3.40. The van der Waals surface area contributed by atoms with Gasteiger partial charge in [0.25, 0.3) is 5.91 Å². The maximum atomic E-state index is 13.2. The van der Waals surface area contributed by atoms with Crippen molar-refractivity contribution in [2.24, 2.45) is 11.8 Å². The highest BCUT2D eigenvalue weighted by molar-refractivity contribution is 5.95. The molecule has 112 valence electrons. The number of carbonyl (C=O) groups excluding carboxylic acids is 1. The number of likely N-dealkylation sites (tertiary alicyclic amines) is 1. The number of nitro benzene ring substituents is 1. The third-order valence-corrected chi connectivity index (χ3v) is 3.61. The van der Waals surface area contributed by atoms with Gasteiger partial charge in [-0.3, -0.25) is 19.7 Å². The number of carboxylic acid groups (broad SMARTS) is 1. The lowest BCUT2D eigenvalue weighted by Gasteiger charge is -2.15. The predicted octanol–water partition coefficient (Wildman–Crippen LogP) is 1.53. The summed E-state index contributed by atoms with van der Waals surface area (Å²) in [6.07, 6.45) is 0. The molecule has 1 saturated heterocycles. The van der Waals surface area contributed by atoms with Gasteiger partial charge in [0.1, 0.15) is 0 Å². The summed E-state index contributed by atoms with van der Waals surface area (Å²) >= 11 is 0. The Kier molecular flexibility index (Phi) is 3.88. The summed E-state index contributed by atoms with van der Waals surface area (Å²) in [6, 6.07) is 2.89. The molecule has 1 aromatic rings. The van der Waals surface area contributed by atoms with Crippen LogP contribution in [0.4, 0.5) is 10.1 Å². The van der Waals surface area contributed by atoms with Crippen LogP contribution in [-0.2, 0) is 4.79 Å². The van der Waals surface area contributed by atoms with E-state index in [1.165, 1.54) is 4.90 Å². The number of nitro groups is 1. The lowest BCUT2D eigenvalue weighted by atomic mass is 9.99. The Balaban J connectivity index is 2.24. The average Bonchev–Trinajstić information content (AvgIpc) is 2.80. The molecule has 7 nitrogen and oxygen atoms in total. The van der Waals surface area contributed by atoms with Crippen LogP contribution in [0, 0.1) is 27.8 Å². The number of carbonyl (C=O) groups is 2. The van der Waals surface area contributed by atoms with Gasteiger partial charge in [-0.25, -0.2) is 0 Å². The van der Waals surface area contributed by atoms with Crippen molar-refractivity contribution in [1.82, 2.24) is 4.90 Å². The standard InChI is InChI=1S/C13H13FN2O5/c1-7-5-15(6-9(7)13(18)19)12(17)8-2-3-10(14)11(4-8)16(20)21/h2-4,7,9H,5-6H2,1H3,(H,18,19)/t7-,9-/m1/s1. The Morgan fingerprint density at radius 2 is 2.10 bits per heavy atom. The van der Waals surface area contributed by atoms with E-state index in [2.05, 4.69) is 0 Å². The summed E-state index contributed by atoms with van der Waals surface area (Å²) in [5.41, 5.74) is -0.802. The number of rotatable bonds is 3. The molecule has 0 aromatic heterocycles. The maximum Gasteiger partial charge on any atom is 0.308 e. The Labute approximate surface area is 119 Å². The third-order valence-electron chi connectivity index (χ3n) is 3.61. The van der Waals surface area contributed by atoms with Crippen molar-refractivity contribution in [3.63, 3.8) is 0 Å². The zero-order valence-corrected chi connectivity index (χ0v) is 11.2. The van der Waals surface area contributed by atoms with E-state index in [1.54, 1.807) is 6.92 Å². The number of halogens is 1. The van der Waals surface area contributed by atoms with Gasteiger partial charge in [0.05, 0.1) is 10.8 Å². The summed E-state index contributed by atoms with van der Waals surface area (Å²) < 4.78 is 13.2. The normalized spacial score (nSPS) is 21.3. The second kappa shape index (κ2) is 5.47. The molecular weight excluding hydrogens is 283 g/mol. The Morgan fingerprint density at radius 1 is 1.43 bits per heavy atom. The van der Waals surface area contributed by atoms with Crippen molar-refractivity contribution >= 4 is 17.6 Å². The molecule has 21 heavy (non-hydrogen) atoms. The molecule has 0 radical (unpaired) electrons. The lowest BCUT2D eigenvalue weighted by molar-refractivity contribution is -0.387. The largest absolute Gasteiger partial charge is 0.481 e. The van der Waals surface area contributed by atoms with E-state index >= 15 is 0 Å². The van der Waals surface area contributed by atoms with Crippen LogP contribution in [0.2, 0.25) is 0 Å². The van der Waals surface area contributed by atoms with E-state index in [0.29, 0.717) is 0 Å². The smallest absolute Gasteiger partial charge is 0.308 e. The average molecular weight is 296 g/mol. The zero-order valence-electron chi connectivity index (χ0n) is 11.2. The molecule has 1 amide bonds. The first kappa shape index (κ1) is 14.9. The SMILES string of the molecule is C[C@@H]1CN(C(=O)c2ccc(F)c([N+](=O)[O-])c2)C[C@H]1C(=O)O. The van der Waals surface area contributed by atoms with Crippen LogP contribution in [0.3, 0.4) is 0 Å². The van der Waals surface area contributed by atoms with Gasteiger partial charge in [-0.05, 0) is 18.1 Å². The van der Waals surface area contributed by atoms with Crippen molar-refractivity contribution in [2.75, 3.05) is 13.1 Å². The number of benzene rings is 1. The van der Waals surface area contributed by atoms with Gasteiger partial charge in [-0.15, -0.1) is 0 Å². The second-order valence-electron chi connectivity index (χ2n) is 5.06. The maximum absolute atomic E-state index is 13.2. The number of nitrogens with zero attached hydrogens (tertiary/aromatic N) is 2. The van der Waals surface area contributed by atoms with Crippen LogP contribution >= 0.6 is 0 Å². The molecule has 8 heteroatoms. The predicted molar refractivity (Wildman–Crippen MR) is 69.2 cm³/mol. The van der Waals surface area contributed by atoms with Crippen LogP contribution in [0.25, 0.3) is 0 Å². The molecule has 1 heterocycles. The minimum atomic E-state index is -1.02. The fourth-order valence-corrected chi connectivity index (χ4v) is 2.42. The van der Waals surface area contributed by atoms with Crippen molar-refractivity contribution in [3.05, 3.63) is 39.7 Å². The van der Waals surface area contributed by atoms with Crippen molar-refractivity contribution in [3.8, 4) is 0 Å². The van der Waals surface area contributed by atoms with Crippen LogP contribution < -0.4 is 0 Å². The second-order valence-corrected chi connectivity index (χ2v) is 5.06. The van der Waals surface area contributed by atoms with E-state index < -0.39 is 34.2 Å². The monoisotopic (exact) mass is 296 g/mol. The highest BCUT2D eigenvalue weighted by Crippen LogP contribution is 2.26. The number of carboxylic acids is 1. The summed E-state index contributed by atoms with van der Waals surface area (Å²) in [4.78, 5) is 34.4. The number of aliphatic carboxylic acids is 1. The molecule has 0 spiro atoms.